The van der Waals surface area contributed by atoms with Crippen molar-refractivity contribution in [3.63, 3.8) is 0 Å². The molecule has 2 amide bonds. The van der Waals surface area contributed by atoms with Crippen LogP contribution in [0.25, 0.3) is 0 Å². The summed E-state index contributed by atoms with van der Waals surface area (Å²) in [7, 11) is 0. The third-order valence-electron chi connectivity index (χ3n) is 7.59. The monoisotopic (exact) mass is 513 g/mol. The highest BCUT2D eigenvalue weighted by atomic mass is 16.2. The van der Waals surface area contributed by atoms with E-state index in [0.717, 1.165) is 60.9 Å². The Hall–Kier alpha value is -3.98. The maximum absolute atomic E-state index is 13.3. The number of rotatable bonds is 7. The van der Waals surface area contributed by atoms with Gasteiger partial charge in [-0.05, 0) is 60.6 Å². The molecule has 2 heterocycles. The van der Waals surface area contributed by atoms with Crippen LogP contribution in [0.15, 0.2) is 48.7 Å². The van der Waals surface area contributed by atoms with Crippen LogP contribution in [0.3, 0.4) is 0 Å². The minimum absolute atomic E-state index is 0.0372. The lowest BCUT2D eigenvalue weighted by Gasteiger charge is -2.30. The first-order valence-corrected chi connectivity index (χ1v) is 13.4. The third-order valence-corrected chi connectivity index (χ3v) is 7.59. The van der Waals surface area contributed by atoms with Crippen molar-refractivity contribution in [3.05, 3.63) is 76.5 Å². The zero-order valence-corrected chi connectivity index (χ0v) is 21.7. The van der Waals surface area contributed by atoms with Gasteiger partial charge < -0.3 is 27.0 Å². The molecule has 2 aromatic carbocycles. The van der Waals surface area contributed by atoms with E-state index in [9.17, 15) is 9.59 Å². The summed E-state index contributed by atoms with van der Waals surface area (Å²) < 4.78 is 0. The predicted molar refractivity (Wildman–Crippen MR) is 148 cm³/mol. The lowest BCUT2D eigenvalue weighted by atomic mass is 9.91. The number of nitrogens with two attached hydrogens (primary N) is 2. The Kier molecular flexibility index (Phi) is 7.55. The number of fused-ring (bicyclic) bond motifs is 1. The standard InChI is InChI=1S/C29H35N7O2/c1-2-18-7-3-4-8-22(18)28(38)36-14-13-19-11-12-21(15-20(19)17-36)33-27-23(26(31)37)16-32-29(35-27)34-25-10-6-5-9-24(25)30/h3-4,7-8,11-12,15-16,24-25H,2,5-6,9-10,13-14,17,30H2,1H3,(H2,31,37)(H2,32,33,34,35). The Morgan fingerprint density at radius 3 is 2.68 bits per heavy atom. The average Bonchev–Trinajstić information content (AvgIpc) is 2.93. The zero-order valence-electron chi connectivity index (χ0n) is 21.7. The maximum Gasteiger partial charge on any atom is 0.254 e. The number of carbonyl (C=O) groups excluding carboxylic acids is 2. The average molecular weight is 514 g/mol. The number of aryl methyl sites for hydroxylation is 1. The Balaban J connectivity index is 1.36. The van der Waals surface area contributed by atoms with Gasteiger partial charge in [0.2, 0.25) is 5.95 Å². The number of nitrogens with zero attached hydrogens (tertiary/aromatic N) is 3. The number of primary amides is 1. The minimum Gasteiger partial charge on any atom is -0.365 e. The number of anilines is 3. The van der Waals surface area contributed by atoms with Crippen molar-refractivity contribution in [1.82, 2.24) is 14.9 Å². The molecule has 2 atom stereocenters. The molecule has 0 saturated heterocycles. The second-order valence-electron chi connectivity index (χ2n) is 10.1. The summed E-state index contributed by atoms with van der Waals surface area (Å²) in [5.41, 5.74) is 16.9. The molecule has 3 aromatic rings. The van der Waals surface area contributed by atoms with Gasteiger partial charge in [0.15, 0.2) is 0 Å². The lowest BCUT2D eigenvalue weighted by molar-refractivity contribution is 0.0733. The number of benzene rings is 2. The number of amides is 2. The minimum atomic E-state index is -0.613. The first-order chi connectivity index (χ1) is 18.4. The summed E-state index contributed by atoms with van der Waals surface area (Å²) in [4.78, 5) is 36.2. The summed E-state index contributed by atoms with van der Waals surface area (Å²) in [5, 5.41) is 6.59. The second-order valence-corrected chi connectivity index (χ2v) is 10.1. The number of carbonyl (C=O) groups is 2. The molecule has 2 aliphatic rings. The summed E-state index contributed by atoms with van der Waals surface area (Å²) in [5.74, 6) is 0.178. The van der Waals surface area contributed by atoms with E-state index >= 15 is 0 Å². The van der Waals surface area contributed by atoms with Crippen molar-refractivity contribution >= 4 is 29.3 Å². The van der Waals surface area contributed by atoms with Crippen LogP contribution in [0, 0.1) is 0 Å². The van der Waals surface area contributed by atoms with Gasteiger partial charge in [-0.3, -0.25) is 9.59 Å². The summed E-state index contributed by atoms with van der Waals surface area (Å²) in [6.07, 6.45) is 7.18. The fourth-order valence-electron chi connectivity index (χ4n) is 5.38. The number of hydrogen-bond donors (Lipinski definition) is 4. The van der Waals surface area contributed by atoms with Crippen LogP contribution in [-0.4, -0.2) is 45.3 Å². The van der Waals surface area contributed by atoms with E-state index in [0.29, 0.717) is 24.9 Å². The van der Waals surface area contributed by atoms with Crippen LogP contribution < -0.4 is 22.1 Å². The first kappa shape index (κ1) is 25.7. The van der Waals surface area contributed by atoms with Crippen molar-refractivity contribution in [1.29, 1.82) is 0 Å². The molecule has 2 unspecified atom stereocenters. The SMILES string of the molecule is CCc1ccccc1C(=O)N1CCc2ccc(Nc3nc(NC4CCCCC4N)ncc3C(N)=O)cc2C1. The van der Waals surface area contributed by atoms with E-state index in [-0.39, 0.29) is 23.6 Å². The highest BCUT2D eigenvalue weighted by Crippen LogP contribution is 2.28. The fraction of sp³-hybridized carbons (Fsp3) is 0.379. The third kappa shape index (κ3) is 5.47. The molecular weight excluding hydrogens is 478 g/mol. The highest BCUT2D eigenvalue weighted by molar-refractivity contribution is 5.98. The van der Waals surface area contributed by atoms with Gasteiger partial charge in [-0.2, -0.15) is 4.98 Å². The number of hydrogen-bond acceptors (Lipinski definition) is 7. The van der Waals surface area contributed by atoms with Gasteiger partial charge in [0.1, 0.15) is 11.4 Å². The van der Waals surface area contributed by atoms with E-state index in [2.05, 4.69) is 33.6 Å². The van der Waals surface area contributed by atoms with Gasteiger partial charge in [0, 0.05) is 42.6 Å². The van der Waals surface area contributed by atoms with Crippen molar-refractivity contribution in [2.45, 2.75) is 64.1 Å². The molecule has 5 rings (SSSR count). The lowest BCUT2D eigenvalue weighted by Crippen LogP contribution is -2.43. The van der Waals surface area contributed by atoms with Crippen LogP contribution in [-0.2, 0) is 19.4 Å². The molecule has 38 heavy (non-hydrogen) atoms. The van der Waals surface area contributed by atoms with Gasteiger partial charge in [0.25, 0.3) is 11.8 Å². The molecule has 198 valence electrons. The molecule has 6 N–H and O–H groups in total. The molecule has 1 fully saturated rings. The molecule has 0 radical (unpaired) electrons. The molecule has 1 aromatic heterocycles. The number of nitrogens with one attached hydrogen (secondary N) is 2. The smallest absolute Gasteiger partial charge is 0.254 e. The van der Waals surface area contributed by atoms with Gasteiger partial charge in [0.05, 0.1) is 0 Å². The molecule has 9 heteroatoms. The summed E-state index contributed by atoms with van der Waals surface area (Å²) in [6.45, 7) is 3.25. The van der Waals surface area contributed by atoms with Crippen molar-refractivity contribution in [2.24, 2.45) is 11.5 Å². The Morgan fingerprint density at radius 2 is 1.89 bits per heavy atom. The second kappa shape index (κ2) is 11.2. The van der Waals surface area contributed by atoms with Crippen LogP contribution in [0.2, 0.25) is 0 Å². The van der Waals surface area contributed by atoms with E-state index in [1.54, 1.807) is 0 Å². The molecule has 1 aliphatic carbocycles. The Bertz CT molecular complexity index is 1340. The Morgan fingerprint density at radius 1 is 1.08 bits per heavy atom. The quantitative estimate of drug-likeness (QED) is 0.377. The molecule has 1 aliphatic heterocycles. The maximum atomic E-state index is 13.3. The number of aromatic nitrogens is 2. The van der Waals surface area contributed by atoms with Crippen LogP contribution in [0.5, 0.6) is 0 Å². The van der Waals surface area contributed by atoms with Crippen molar-refractivity contribution < 1.29 is 9.59 Å². The highest BCUT2D eigenvalue weighted by Gasteiger charge is 2.25. The molecule has 1 saturated carbocycles. The Labute approximate surface area is 223 Å². The summed E-state index contributed by atoms with van der Waals surface area (Å²) >= 11 is 0. The van der Waals surface area contributed by atoms with Crippen molar-refractivity contribution in [2.75, 3.05) is 17.2 Å². The van der Waals surface area contributed by atoms with E-state index in [1.165, 1.54) is 11.8 Å². The van der Waals surface area contributed by atoms with Gasteiger partial charge >= 0.3 is 0 Å². The van der Waals surface area contributed by atoms with Crippen LogP contribution >= 0.6 is 0 Å². The topological polar surface area (TPSA) is 139 Å². The molecule has 0 bridgehead atoms. The van der Waals surface area contributed by atoms with Crippen LogP contribution in [0.4, 0.5) is 17.5 Å². The predicted octanol–water partition coefficient (Wildman–Crippen LogP) is 3.76. The molecule has 9 nitrogen and oxygen atoms in total. The van der Waals surface area contributed by atoms with Gasteiger partial charge in [-0.15, -0.1) is 0 Å². The van der Waals surface area contributed by atoms with Gasteiger partial charge in [-0.1, -0.05) is 44.0 Å². The van der Waals surface area contributed by atoms with Gasteiger partial charge in [-0.25, -0.2) is 4.98 Å². The zero-order chi connectivity index (χ0) is 26.6. The van der Waals surface area contributed by atoms with E-state index < -0.39 is 5.91 Å². The van der Waals surface area contributed by atoms with Crippen molar-refractivity contribution in [3.8, 4) is 0 Å². The van der Waals surface area contributed by atoms with E-state index in [4.69, 9.17) is 11.5 Å². The normalized spacial score (nSPS) is 18.9. The molecular formula is C29H35N7O2. The fourth-order valence-corrected chi connectivity index (χ4v) is 5.38. The van der Waals surface area contributed by atoms with E-state index in [1.807, 2.05) is 41.3 Å². The van der Waals surface area contributed by atoms with Crippen LogP contribution in [0.1, 0.15) is 70.0 Å². The first-order valence-electron chi connectivity index (χ1n) is 13.4. The summed E-state index contributed by atoms with van der Waals surface area (Å²) in [6, 6.07) is 13.9. The molecule has 0 spiro atoms. The largest absolute Gasteiger partial charge is 0.365 e.